The van der Waals surface area contributed by atoms with Crippen LogP contribution in [0.15, 0.2) is 48.6 Å². The van der Waals surface area contributed by atoms with Gasteiger partial charge in [-0.2, -0.15) is 26.3 Å². The van der Waals surface area contributed by atoms with E-state index in [1.165, 1.54) is 12.2 Å². The largest absolute Gasteiger partial charge is 0.488 e. The fourth-order valence-electron chi connectivity index (χ4n) is 2.82. The predicted octanol–water partition coefficient (Wildman–Crippen LogP) is 6.35. The minimum absolute atomic E-state index is 0.0388. The molecule has 0 bridgehead atoms. The molecular weight excluding hydrogens is 593 g/mol. The number of carboxylic acids is 1. The summed E-state index contributed by atoms with van der Waals surface area (Å²) in [5, 5.41) is 9.18. The molecule has 0 spiro atoms. The van der Waals surface area contributed by atoms with Gasteiger partial charge in [0.25, 0.3) is 0 Å². The minimum Gasteiger partial charge on any atom is -0.488 e. The summed E-state index contributed by atoms with van der Waals surface area (Å²) in [6.45, 7) is 2.01. The molecule has 0 unspecified atom stereocenters. The van der Waals surface area contributed by atoms with Gasteiger partial charge in [0.05, 0.1) is 14.7 Å². The number of hydrogen-bond acceptors (Lipinski definition) is 3. The molecule has 35 heavy (non-hydrogen) atoms. The number of allylic oxidation sites excluding steroid dienone is 1. The number of carbonyl (C=O) groups is 1. The molecular formula is C24H19F6IO4. The molecule has 0 fully saturated rings. The van der Waals surface area contributed by atoms with Crippen molar-refractivity contribution in [2.24, 2.45) is 0 Å². The molecule has 2 rings (SSSR count). The molecule has 0 aliphatic rings. The van der Waals surface area contributed by atoms with Gasteiger partial charge in [0.2, 0.25) is 0 Å². The first-order chi connectivity index (χ1) is 16.3. The third-order valence-electron chi connectivity index (χ3n) is 4.40. The molecule has 0 heterocycles. The average molecular weight is 612 g/mol. The molecule has 0 saturated carbocycles. The molecule has 1 atom stereocenters. The molecule has 0 saturated heterocycles. The summed E-state index contributed by atoms with van der Waals surface area (Å²) < 4.78 is 88.8. The van der Waals surface area contributed by atoms with Crippen molar-refractivity contribution in [2.75, 3.05) is 13.2 Å². The number of alkyl halides is 6. The Balaban J connectivity index is 2.03. The van der Waals surface area contributed by atoms with Crippen molar-refractivity contribution in [3.63, 3.8) is 0 Å². The Kier molecular flexibility index (Phi) is 10.0. The van der Waals surface area contributed by atoms with Gasteiger partial charge < -0.3 is 14.6 Å². The van der Waals surface area contributed by atoms with Gasteiger partial charge in [0.15, 0.2) is 6.10 Å². The highest BCUT2D eigenvalue weighted by atomic mass is 127. The van der Waals surface area contributed by atoms with Crippen molar-refractivity contribution in [1.29, 1.82) is 0 Å². The number of benzene rings is 2. The fourth-order valence-corrected chi connectivity index (χ4v) is 3.55. The third kappa shape index (κ3) is 9.10. The van der Waals surface area contributed by atoms with Crippen molar-refractivity contribution in [2.45, 2.75) is 31.8 Å². The van der Waals surface area contributed by atoms with Crippen LogP contribution in [0.3, 0.4) is 0 Å². The number of halogens is 7. The molecule has 1 N–H and O–H groups in total. The van der Waals surface area contributed by atoms with E-state index in [1.54, 1.807) is 25.1 Å². The molecule has 0 aromatic heterocycles. The average Bonchev–Trinajstić information content (AvgIpc) is 2.75. The topological polar surface area (TPSA) is 55.8 Å². The van der Waals surface area contributed by atoms with Gasteiger partial charge in [-0.3, -0.25) is 0 Å². The number of carboxylic acid groups (broad SMARTS) is 1. The molecule has 0 amide bonds. The van der Waals surface area contributed by atoms with E-state index in [-0.39, 0.29) is 25.7 Å². The van der Waals surface area contributed by atoms with E-state index in [9.17, 15) is 36.2 Å². The summed E-state index contributed by atoms with van der Waals surface area (Å²) in [6.07, 6.45) is -7.95. The standard InChI is InChI=1S/C24H19F6IO4/c1-2-34-21(22(32)33)13-16-7-8-20(19(31)12-16)35-9-5-3-4-6-15-10-17(23(25,26)27)14-18(11-15)24(28,29)30/h3,5,7-8,10-12,14,21H,2,9,13H2,1H3,(H,32,33)/b5-3+/t21-/m0/s1. The molecule has 11 heteroatoms. The Labute approximate surface area is 211 Å². The van der Waals surface area contributed by atoms with Gasteiger partial charge in [-0.15, -0.1) is 0 Å². The van der Waals surface area contributed by atoms with E-state index < -0.39 is 41.1 Å². The summed E-state index contributed by atoms with van der Waals surface area (Å²) in [5.41, 5.74) is -2.55. The Morgan fingerprint density at radius 2 is 1.71 bits per heavy atom. The van der Waals surface area contributed by atoms with Crippen molar-refractivity contribution in [3.05, 3.63) is 74.4 Å². The monoisotopic (exact) mass is 612 g/mol. The second kappa shape index (κ2) is 12.3. The minimum atomic E-state index is -4.94. The molecule has 2 aromatic rings. The lowest BCUT2D eigenvalue weighted by molar-refractivity contribution is -0.150. The summed E-state index contributed by atoms with van der Waals surface area (Å²) in [4.78, 5) is 11.2. The van der Waals surface area contributed by atoms with Crippen LogP contribution >= 0.6 is 22.6 Å². The van der Waals surface area contributed by atoms with Crippen LogP contribution in [0, 0.1) is 15.4 Å². The Morgan fingerprint density at radius 1 is 1.09 bits per heavy atom. The van der Waals surface area contributed by atoms with Gasteiger partial charge >= 0.3 is 18.3 Å². The maximum Gasteiger partial charge on any atom is 0.416 e. The maximum atomic E-state index is 12.9. The first kappa shape index (κ1) is 28.5. The summed E-state index contributed by atoms with van der Waals surface area (Å²) in [5.74, 6) is 4.11. The second-order valence-corrected chi connectivity index (χ2v) is 8.19. The zero-order valence-corrected chi connectivity index (χ0v) is 20.3. The van der Waals surface area contributed by atoms with E-state index in [4.69, 9.17) is 9.47 Å². The van der Waals surface area contributed by atoms with E-state index in [1.807, 2.05) is 22.6 Å². The quantitative estimate of drug-likeness (QED) is 0.215. The number of hydrogen-bond donors (Lipinski definition) is 1. The first-order valence-electron chi connectivity index (χ1n) is 10.0. The zero-order valence-electron chi connectivity index (χ0n) is 18.1. The van der Waals surface area contributed by atoms with Crippen LogP contribution in [0.2, 0.25) is 0 Å². The van der Waals surface area contributed by atoms with Crippen LogP contribution in [0.1, 0.15) is 29.2 Å². The molecule has 0 aliphatic heterocycles. The van der Waals surface area contributed by atoms with Crippen LogP contribution in [0.4, 0.5) is 26.3 Å². The van der Waals surface area contributed by atoms with E-state index in [2.05, 4.69) is 11.8 Å². The normalized spacial score (nSPS) is 12.8. The number of rotatable bonds is 8. The summed E-state index contributed by atoms with van der Waals surface area (Å²) in [7, 11) is 0. The van der Waals surface area contributed by atoms with Crippen LogP contribution in [0.25, 0.3) is 0 Å². The maximum absolute atomic E-state index is 12.9. The molecule has 4 nitrogen and oxygen atoms in total. The first-order valence-corrected chi connectivity index (χ1v) is 11.1. The molecule has 2 aromatic carbocycles. The molecule has 0 radical (unpaired) electrons. The highest BCUT2D eigenvalue weighted by molar-refractivity contribution is 14.1. The van der Waals surface area contributed by atoms with Crippen LogP contribution < -0.4 is 4.74 Å². The summed E-state index contributed by atoms with van der Waals surface area (Å²) >= 11 is 2.02. The fraction of sp³-hybridized carbons (Fsp3) is 0.292. The third-order valence-corrected chi connectivity index (χ3v) is 5.24. The SMILES string of the molecule is CCO[C@@H](Cc1ccc(OC/C=C/C#Cc2cc(C(F)(F)F)cc(C(F)(F)F)c2)c(I)c1)C(=O)O. The highest BCUT2D eigenvalue weighted by Crippen LogP contribution is 2.36. The second-order valence-electron chi connectivity index (χ2n) is 7.03. The van der Waals surface area contributed by atoms with Gasteiger partial charge in [0, 0.05) is 18.6 Å². The van der Waals surface area contributed by atoms with Crippen molar-refractivity contribution in [3.8, 4) is 17.6 Å². The lowest BCUT2D eigenvalue weighted by Crippen LogP contribution is -2.26. The van der Waals surface area contributed by atoms with Crippen molar-refractivity contribution in [1.82, 2.24) is 0 Å². The lowest BCUT2D eigenvalue weighted by Gasteiger charge is -2.13. The van der Waals surface area contributed by atoms with Crippen LogP contribution in [0.5, 0.6) is 5.75 Å². The van der Waals surface area contributed by atoms with Gasteiger partial charge in [-0.25, -0.2) is 4.79 Å². The van der Waals surface area contributed by atoms with Crippen LogP contribution in [-0.2, 0) is 28.3 Å². The Hall–Kier alpha value is -2.72. The zero-order chi connectivity index (χ0) is 26.2. The molecule has 188 valence electrons. The van der Waals surface area contributed by atoms with E-state index >= 15 is 0 Å². The Morgan fingerprint density at radius 3 is 2.23 bits per heavy atom. The smallest absolute Gasteiger partial charge is 0.416 e. The van der Waals surface area contributed by atoms with Crippen molar-refractivity contribution >= 4 is 28.6 Å². The highest BCUT2D eigenvalue weighted by Gasteiger charge is 2.36. The van der Waals surface area contributed by atoms with E-state index in [0.29, 0.717) is 21.5 Å². The predicted molar refractivity (Wildman–Crippen MR) is 124 cm³/mol. The van der Waals surface area contributed by atoms with E-state index in [0.717, 1.165) is 5.56 Å². The van der Waals surface area contributed by atoms with Gasteiger partial charge in [0.1, 0.15) is 12.4 Å². The number of aliphatic carboxylic acids is 1. The Bertz CT molecular complexity index is 1100. The number of ether oxygens (including phenoxy) is 2. The lowest BCUT2D eigenvalue weighted by atomic mass is 10.0. The summed E-state index contributed by atoms with van der Waals surface area (Å²) in [6, 6.07) is 6.25. The van der Waals surface area contributed by atoms with Gasteiger partial charge in [-0.1, -0.05) is 17.9 Å². The molecule has 0 aliphatic carbocycles. The van der Waals surface area contributed by atoms with Crippen LogP contribution in [-0.4, -0.2) is 30.4 Å². The van der Waals surface area contributed by atoms with Crippen molar-refractivity contribution < 1.29 is 45.7 Å². The van der Waals surface area contributed by atoms with Gasteiger partial charge in [-0.05, 0) is 77.6 Å².